The van der Waals surface area contributed by atoms with Crippen molar-refractivity contribution in [1.29, 1.82) is 0 Å². The Morgan fingerprint density at radius 2 is 1.38 bits per heavy atom. The van der Waals surface area contributed by atoms with Gasteiger partial charge in [-0.25, -0.2) is 4.39 Å². The molecule has 1 fully saturated rings. The summed E-state index contributed by atoms with van der Waals surface area (Å²) in [6.45, 7) is 1.21. The summed E-state index contributed by atoms with van der Waals surface area (Å²) in [4.78, 5) is 27.8. The van der Waals surface area contributed by atoms with Crippen molar-refractivity contribution in [1.82, 2.24) is 9.80 Å². The number of benzene rings is 2. The van der Waals surface area contributed by atoms with Crippen molar-refractivity contribution < 1.29 is 27.2 Å². The van der Waals surface area contributed by atoms with E-state index < -0.39 is 11.7 Å². The predicted molar refractivity (Wildman–Crippen MR) is 99.4 cm³/mol. The van der Waals surface area contributed by atoms with Gasteiger partial charge < -0.3 is 9.80 Å². The monoisotopic (exact) mass is 406 g/mol. The van der Waals surface area contributed by atoms with Crippen LogP contribution < -0.4 is 0 Å². The van der Waals surface area contributed by atoms with Crippen molar-refractivity contribution in [3.8, 4) is 0 Å². The molecule has 0 radical (unpaired) electrons. The molecule has 0 atom stereocenters. The van der Waals surface area contributed by atoms with Crippen molar-refractivity contribution in [2.24, 2.45) is 0 Å². The van der Waals surface area contributed by atoms with E-state index in [-0.39, 0.29) is 36.3 Å². The van der Waals surface area contributed by atoms with Crippen molar-refractivity contribution in [2.45, 2.75) is 6.18 Å². The van der Waals surface area contributed by atoms with E-state index in [1.807, 2.05) is 0 Å². The molecule has 0 saturated carbocycles. The molecule has 2 aromatic carbocycles. The van der Waals surface area contributed by atoms with E-state index in [9.17, 15) is 27.2 Å². The van der Waals surface area contributed by atoms with Crippen LogP contribution in [0.1, 0.15) is 21.5 Å². The van der Waals surface area contributed by atoms with Crippen LogP contribution in [0, 0.1) is 5.82 Å². The Labute approximate surface area is 165 Å². The van der Waals surface area contributed by atoms with Crippen LogP contribution in [0.2, 0.25) is 0 Å². The van der Waals surface area contributed by atoms with Crippen LogP contribution in [0.5, 0.6) is 0 Å². The summed E-state index contributed by atoms with van der Waals surface area (Å²) in [6.07, 6.45) is -1.48. The zero-order valence-electron chi connectivity index (χ0n) is 15.3. The molecular weight excluding hydrogens is 388 g/mol. The van der Waals surface area contributed by atoms with Gasteiger partial charge in [0.2, 0.25) is 5.91 Å². The third-order valence-electron chi connectivity index (χ3n) is 4.63. The zero-order chi connectivity index (χ0) is 21.0. The lowest BCUT2D eigenvalue weighted by Crippen LogP contribution is -2.50. The summed E-state index contributed by atoms with van der Waals surface area (Å²) < 4.78 is 50.8. The molecule has 0 aromatic heterocycles. The van der Waals surface area contributed by atoms with Gasteiger partial charge in [0.05, 0.1) is 5.56 Å². The van der Waals surface area contributed by atoms with Gasteiger partial charge in [-0.2, -0.15) is 13.2 Å². The number of hydrogen-bond acceptors (Lipinski definition) is 2. The molecule has 152 valence electrons. The Balaban J connectivity index is 1.55. The molecule has 0 spiro atoms. The molecule has 0 N–H and O–H groups in total. The molecule has 1 saturated heterocycles. The molecular formula is C21H18F4N2O2. The van der Waals surface area contributed by atoms with E-state index in [2.05, 4.69) is 0 Å². The smallest absolute Gasteiger partial charge is 0.336 e. The van der Waals surface area contributed by atoms with E-state index >= 15 is 0 Å². The second kappa shape index (κ2) is 8.46. The number of carbonyl (C=O) groups excluding carboxylic acids is 2. The summed E-state index contributed by atoms with van der Waals surface area (Å²) >= 11 is 0. The van der Waals surface area contributed by atoms with Gasteiger partial charge in [-0.3, -0.25) is 9.59 Å². The zero-order valence-corrected chi connectivity index (χ0v) is 15.3. The first-order chi connectivity index (χ1) is 13.7. The Bertz CT molecular complexity index is 898. The summed E-state index contributed by atoms with van der Waals surface area (Å²) in [5.74, 6) is -0.953. The summed E-state index contributed by atoms with van der Waals surface area (Å²) in [5.41, 5.74) is 0.0576. The van der Waals surface area contributed by atoms with Crippen molar-refractivity contribution >= 4 is 17.9 Å². The summed E-state index contributed by atoms with van der Waals surface area (Å²) in [6, 6.07) is 9.80. The molecule has 1 aliphatic heterocycles. The highest BCUT2D eigenvalue weighted by Crippen LogP contribution is 2.29. The predicted octanol–water partition coefficient (Wildman–Crippen LogP) is 3.84. The number of halogens is 4. The minimum Gasteiger partial charge on any atom is -0.336 e. The number of nitrogens with zero attached hydrogens (tertiary/aromatic N) is 2. The molecule has 0 unspecified atom stereocenters. The molecule has 1 heterocycles. The second-order valence-electron chi connectivity index (χ2n) is 6.58. The number of rotatable bonds is 3. The van der Waals surface area contributed by atoms with Gasteiger partial charge in [-0.15, -0.1) is 0 Å². The van der Waals surface area contributed by atoms with Crippen LogP contribution in [-0.2, 0) is 11.0 Å². The standard InChI is InChI=1S/C21H18F4N2O2/c22-18-8-1-15(2-9-18)3-10-19(28)26-11-13-27(14-12-26)20(29)16-4-6-17(7-5-16)21(23,24)25/h1-10H,11-14H2/b10-3+. The second-order valence-corrected chi connectivity index (χ2v) is 6.58. The van der Waals surface area contributed by atoms with Gasteiger partial charge in [0.1, 0.15) is 5.82 Å². The molecule has 4 nitrogen and oxygen atoms in total. The van der Waals surface area contributed by atoms with Gasteiger partial charge in [-0.1, -0.05) is 12.1 Å². The van der Waals surface area contributed by atoms with Crippen LogP contribution in [0.25, 0.3) is 6.08 Å². The maximum atomic E-state index is 12.9. The Hall–Kier alpha value is -3.16. The number of carbonyl (C=O) groups is 2. The summed E-state index contributed by atoms with van der Waals surface area (Å²) in [5, 5.41) is 0. The van der Waals surface area contributed by atoms with E-state index in [4.69, 9.17) is 0 Å². The fourth-order valence-corrected chi connectivity index (χ4v) is 2.96. The van der Waals surface area contributed by atoms with E-state index in [0.29, 0.717) is 18.7 Å². The number of alkyl halides is 3. The van der Waals surface area contributed by atoms with Gasteiger partial charge in [0, 0.05) is 37.8 Å². The van der Waals surface area contributed by atoms with Gasteiger partial charge in [-0.05, 0) is 48.0 Å². The molecule has 3 rings (SSSR count). The van der Waals surface area contributed by atoms with Crippen LogP contribution in [0.4, 0.5) is 17.6 Å². The van der Waals surface area contributed by atoms with Gasteiger partial charge in [0.25, 0.3) is 5.91 Å². The average Bonchev–Trinajstić information content (AvgIpc) is 2.72. The lowest BCUT2D eigenvalue weighted by molar-refractivity contribution is -0.137. The van der Waals surface area contributed by atoms with Gasteiger partial charge >= 0.3 is 6.18 Å². The maximum absolute atomic E-state index is 12.9. The minimum atomic E-state index is -4.45. The molecule has 1 aliphatic rings. The first-order valence-electron chi connectivity index (χ1n) is 8.93. The number of amides is 2. The van der Waals surface area contributed by atoms with Crippen LogP contribution in [0.3, 0.4) is 0 Å². The Morgan fingerprint density at radius 3 is 1.93 bits per heavy atom. The van der Waals surface area contributed by atoms with E-state index in [1.54, 1.807) is 23.1 Å². The fraction of sp³-hybridized carbons (Fsp3) is 0.238. The number of hydrogen-bond donors (Lipinski definition) is 0. The average molecular weight is 406 g/mol. The van der Waals surface area contributed by atoms with E-state index in [1.165, 1.54) is 23.1 Å². The molecule has 0 aliphatic carbocycles. The van der Waals surface area contributed by atoms with Crippen molar-refractivity contribution in [3.63, 3.8) is 0 Å². The Kier molecular flexibility index (Phi) is 6.00. The minimum absolute atomic E-state index is 0.175. The molecule has 2 amide bonds. The highest BCUT2D eigenvalue weighted by atomic mass is 19.4. The van der Waals surface area contributed by atoms with Crippen LogP contribution in [-0.4, -0.2) is 47.8 Å². The molecule has 0 bridgehead atoms. The molecule has 8 heteroatoms. The van der Waals surface area contributed by atoms with Crippen molar-refractivity contribution in [2.75, 3.05) is 26.2 Å². The lowest BCUT2D eigenvalue weighted by atomic mass is 10.1. The third-order valence-corrected chi connectivity index (χ3v) is 4.63. The fourth-order valence-electron chi connectivity index (χ4n) is 2.96. The van der Waals surface area contributed by atoms with Gasteiger partial charge in [0.15, 0.2) is 0 Å². The number of piperazine rings is 1. The SMILES string of the molecule is O=C(/C=C/c1ccc(F)cc1)N1CCN(C(=O)c2ccc(C(F)(F)F)cc2)CC1. The summed E-state index contributed by atoms with van der Waals surface area (Å²) in [7, 11) is 0. The first kappa shape index (κ1) is 20.6. The normalized spacial score (nSPS) is 15.0. The third kappa shape index (κ3) is 5.22. The van der Waals surface area contributed by atoms with Crippen LogP contribution >= 0.6 is 0 Å². The molecule has 2 aromatic rings. The highest BCUT2D eigenvalue weighted by molar-refractivity contribution is 5.95. The Morgan fingerprint density at radius 1 is 0.828 bits per heavy atom. The topological polar surface area (TPSA) is 40.6 Å². The van der Waals surface area contributed by atoms with Crippen LogP contribution in [0.15, 0.2) is 54.6 Å². The largest absolute Gasteiger partial charge is 0.416 e. The highest BCUT2D eigenvalue weighted by Gasteiger charge is 2.31. The quantitative estimate of drug-likeness (QED) is 0.574. The first-order valence-corrected chi connectivity index (χ1v) is 8.93. The lowest BCUT2D eigenvalue weighted by Gasteiger charge is -2.34. The maximum Gasteiger partial charge on any atom is 0.416 e. The van der Waals surface area contributed by atoms with E-state index in [0.717, 1.165) is 24.3 Å². The van der Waals surface area contributed by atoms with Crippen molar-refractivity contribution in [3.05, 3.63) is 77.1 Å². The molecule has 29 heavy (non-hydrogen) atoms.